The van der Waals surface area contributed by atoms with E-state index in [0.717, 1.165) is 6.21 Å². The first-order valence-electron chi connectivity index (χ1n) is 6.12. The molecule has 0 N–H and O–H groups in total. The maximum absolute atomic E-state index is 11.2. The summed E-state index contributed by atoms with van der Waals surface area (Å²) in [7, 11) is 0. The van der Waals surface area contributed by atoms with Gasteiger partial charge in [-0.05, 0) is 24.1 Å². The smallest absolute Gasteiger partial charge is 0.323 e. The summed E-state index contributed by atoms with van der Waals surface area (Å²) in [4.78, 5) is 35.9. The van der Waals surface area contributed by atoms with Gasteiger partial charge in [0.15, 0.2) is 11.5 Å². The molecule has 7 nitrogen and oxygen atoms in total. The number of rotatable bonds is 6. The average molecular weight is 290 g/mol. The first-order valence-corrected chi connectivity index (χ1v) is 6.12. The van der Waals surface area contributed by atoms with E-state index in [-0.39, 0.29) is 23.7 Å². The van der Waals surface area contributed by atoms with Gasteiger partial charge in [0.05, 0.1) is 0 Å². The van der Waals surface area contributed by atoms with Crippen LogP contribution in [-0.4, -0.2) is 28.7 Å². The first kappa shape index (κ1) is 16.3. The van der Waals surface area contributed by atoms with E-state index in [1.165, 1.54) is 26.0 Å². The van der Waals surface area contributed by atoms with Crippen LogP contribution >= 0.6 is 0 Å². The van der Waals surface area contributed by atoms with E-state index >= 15 is 0 Å². The van der Waals surface area contributed by atoms with Gasteiger partial charge in [-0.25, -0.2) is 0 Å². The number of hydrogen-bond acceptors (Lipinski definition) is 5. The Balaban J connectivity index is 2.92. The largest absolute Gasteiger partial charge is 0.423 e. The lowest BCUT2D eigenvalue weighted by molar-refractivity contribution is -0.134. The van der Waals surface area contributed by atoms with Crippen LogP contribution in [0.1, 0.15) is 25.8 Å². The molecule has 0 radical (unpaired) electrons. The molecule has 0 saturated heterocycles. The van der Waals surface area contributed by atoms with Crippen molar-refractivity contribution in [3.05, 3.63) is 29.3 Å². The van der Waals surface area contributed by atoms with Crippen molar-refractivity contribution < 1.29 is 28.6 Å². The van der Waals surface area contributed by atoms with Gasteiger partial charge >= 0.3 is 18.2 Å². The number of carbonyl (C=O) groups is 3. The van der Waals surface area contributed by atoms with Crippen LogP contribution in [0.2, 0.25) is 0 Å². The molecule has 21 heavy (non-hydrogen) atoms. The standard InChI is InChI=1S/C14H14N2O5/c1-9(17)20-13-6-4-11(3-5-12(19)8-16-15)7-14(13)21-10(2)18/h4,6-8H,3,5H2,1-2H3. The van der Waals surface area contributed by atoms with E-state index in [4.69, 9.17) is 15.0 Å². The van der Waals surface area contributed by atoms with Gasteiger partial charge in [-0.15, -0.1) is 0 Å². The zero-order valence-corrected chi connectivity index (χ0v) is 11.7. The molecule has 7 heteroatoms. The van der Waals surface area contributed by atoms with Gasteiger partial charge in [-0.1, -0.05) is 6.07 Å². The molecule has 1 aromatic carbocycles. The predicted octanol–water partition coefficient (Wildman–Crippen LogP) is 1.34. The molecular formula is C14H14N2O5. The summed E-state index contributed by atoms with van der Waals surface area (Å²) in [6.45, 7) is 2.46. The van der Waals surface area contributed by atoms with Gasteiger partial charge in [0.1, 0.15) is 0 Å². The minimum Gasteiger partial charge on any atom is -0.423 e. The van der Waals surface area contributed by atoms with Crippen molar-refractivity contribution in [2.45, 2.75) is 26.7 Å². The van der Waals surface area contributed by atoms with Gasteiger partial charge in [0.2, 0.25) is 5.78 Å². The third-order valence-electron chi connectivity index (χ3n) is 2.38. The normalized spacial score (nSPS) is 9.43. The summed E-state index contributed by atoms with van der Waals surface area (Å²) in [5, 5.41) is 0. The second-order valence-electron chi connectivity index (χ2n) is 4.18. The Kier molecular flexibility index (Phi) is 5.98. The van der Waals surface area contributed by atoms with Crippen LogP contribution in [0.3, 0.4) is 0 Å². The highest BCUT2D eigenvalue weighted by Crippen LogP contribution is 2.29. The number of ether oxygens (including phenoxy) is 2. The zero-order chi connectivity index (χ0) is 15.8. The summed E-state index contributed by atoms with van der Waals surface area (Å²) in [6.07, 6.45) is 1.32. The highest BCUT2D eigenvalue weighted by Gasteiger charge is 2.12. The molecule has 0 spiro atoms. The number of Topliss-reactive ketones (excluding diaryl/α,β-unsaturated/α-hetero) is 1. The fourth-order valence-electron chi connectivity index (χ4n) is 1.58. The Morgan fingerprint density at radius 3 is 2.33 bits per heavy atom. The molecule has 0 aromatic heterocycles. The van der Waals surface area contributed by atoms with Gasteiger partial charge in [-0.3, -0.25) is 14.4 Å². The zero-order valence-electron chi connectivity index (χ0n) is 11.7. The van der Waals surface area contributed by atoms with Crippen LogP contribution in [0.4, 0.5) is 0 Å². The third-order valence-corrected chi connectivity index (χ3v) is 2.38. The van der Waals surface area contributed by atoms with Gasteiger partial charge in [0, 0.05) is 20.3 Å². The van der Waals surface area contributed by atoms with Crippen LogP contribution in [-0.2, 0) is 20.8 Å². The lowest BCUT2D eigenvalue weighted by Gasteiger charge is -2.10. The lowest BCUT2D eigenvalue weighted by atomic mass is 10.1. The van der Waals surface area contributed by atoms with Crippen LogP contribution in [0.15, 0.2) is 18.2 Å². The predicted molar refractivity (Wildman–Crippen MR) is 72.1 cm³/mol. The topological polar surface area (TPSA) is 106 Å². The molecule has 0 aliphatic heterocycles. The van der Waals surface area contributed by atoms with E-state index < -0.39 is 11.9 Å². The molecule has 1 aromatic rings. The number of aryl methyl sites for hydroxylation is 1. The Labute approximate surface area is 121 Å². The molecule has 0 heterocycles. The van der Waals surface area contributed by atoms with E-state index in [2.05, 4.69) is 4.79 Å². The van der Waals surface area contributed by atoms with Crippen molar-refractivity contribution in [3.63, 3.8) is 0 Å². The Morgan fingerprint density at radius 1 is 1.14 bits per heavy atom. The number of nitrogens with zero attached hydrogens (tertiary/aromatic N) is 2. The molecule has 0 bridgehead atoms. The Hall–Kier alpha value is -2.79. The van der Waals surface area contributed by atoms with Crippen molar-refractivity contribution in [2.24, 2.45) is 0 Å². The number of benzene rings is 1. The summed E-state index contributed by atoms with van der Waals surface area (Å²) < 4.78 is 9.90. The minimum atomic E-state index is -0.552. The SMILES string of the molecule is CC(=O)Oc1ccc(CCC(=O)C=[N+]=[N-])cc1OC(C)=O. The van der Waals surface area contributed by atoms with E-state index in [0.29, 0.717) is 12.0 Å². The highest BCUT2D eigenvalue weighted by molar-refractivity contribution is 6.25. The third kappa shape index (κ3) is 5.80. The fraction of sp³-hybridized carbons (Fsp3) is 0.286. The Morgan fingerprint density at radius 2 is 1.76 bits per heavy atom. The molecule has 110 valence electrons. The Bertz CT molecular complexity index is 618. The van der Waals surface area contributed by atoms with Crippen LogP contribution in [0.25, 0.3) is 5.53 Å². The van der Waals surface area contributed by atoms with Crippen molar-refractivity contribution in [1.82, 2.24) is 0 Å². The van der Waals surface area contributed by atoms with Gasteiger partial charge in [0.25, 0.3) is 0 Å². The van der Waals surface area contributed by atoms with Crippen molar-refractivity contribution in [2.75, 3.05) is 0 Å². The van der Waals surface area contributed by atoms with Crippen LogP contribution in [0.5, 0.6) is 11.5 Å². The molecule has 0 aliphatic rings. The van der Waals surface area contributed by atoms with Gasteiger partial charge in [-0.2, -0.15) is 4.79 Å². The molecule has 0 aliphatic carbocycles. The number of carbonyl (C=O) groups excluding carboxylic acids is 3. The van der Waals surface area contributed by atoms with E-state index in [1.54, 1.807) is 6.07 Å². The molecular weight excluding hydrogens is 276 g/mol. The lowest BCUT2D eigenvalue weighted by Crippen LogP contribution is -2.08. The van der Waals surface area contributed by atoms with Gasteiger partial charge < -0.3 is 15.0 Å². The molecule has 0 fully saturated rings. The molecule has 0 amide bonds. The average Bonchev–Trinajstić information content (AvgIpc) is 2.38. The molecule has 1 rings (SSSR count). The summed E-state index contributed by atoms with van der Waals surface area (Å²) >= 11 is 0. The van der Waals surface area contributed by atoms with Crippen molar-refractivity contribution in [3.8, 4) is 11.5 Å². The maximum atomic E-state index is 11.2. The second-order valence-corrected chi connectivity index (χ2v) is 4.18. The van der Waals surface area contributed by atoms with E-state index in [1.807, 2.05) is 0 Å². The number of hydrogen-bond donors (Lipinski definition) is 0. The fourth-order valence-corrected chi connectivity index (χ4v) is 1.58. The van der Waals surface area contributed by atoms with Crippen molar-refractivity contribution in [1.29, 1.82) is 0 Å². The highest BCUT2D eigenvalue weighted by atomic mass is 16.6. The van der Waals surface area contributed by atoms with Crippen LogP contribution < -0.4 is 9.47 Å². The quantitative estimate of drug-likeness (QED) is 0.258. The second kappa shape index (κ2) is 7.72. The molecule has 0 atom stereocenters. The summed E-state index contributed by atoms with van der Waals surface area (Å²) in [5.74, 6) is -1.19. The first-order chi connectivity index (χ1) is 9.92. The number of esters is 2. The summed E-state index contributed by atoms with van der Waals surface area (Å²) in [6, 6.07) is 4.65. The maximum Gasteiger partial charge on any atom is 0.323 e. The van der Waals surface area contributed by atoms with Crippen LogP contribution in [0, 0.1) is 0 Å². The minimum absolute atomic E-state index is 0.110. The monoisotopic (exact) mass is 290 g/mol. The molecule has 0 unspecified atom stereocenters. The number of ketones is 1. The van der Waals surface area contributed by atoms with E-state index in [9.17, 15) is 14.4 Å². The van der Waals surface area contributed by atoms with Crippen molar-refractivity contribution >= 4 is 23.9 Å². The molecule has 0 saturated carbocycles. The summed E-state index contributed by atoms with van der Waals surface area (Å²) in [5.41, 5.74) is 8.95.